The van der Waals surface area contributed by atoms with Gasteiger partial charge >= 0.3 is 0 Å². The number of amides is 1. The highest BCUT2D eigenvalue weighted by Gasteiger charge is 2.37. The molecule has 8 heteroatoms. The summed E-state index contributed by atoms with van der Waals surface area (Å²) < 4.78 is 26.3. The minimum Gasteiger partial charge on any atom is -0.342 e. The van der Waals surface area contributed by atoms with Gasteiger partial charge in [0, 0.05) is 37.2 Å². The first kappa shape index (κ1) is 18.6. The number of hydrogen-bond donors (Lipinski definition) is 1. The van der Waals surface area contributed by atoms with Crippen molar-refractivity contribution in [2.45, 2.75) is 48.7 Å². The van der Waals surface area contributed by atoms with Crippen molar-refractivity contribution in [1.29, 1.82) is 0 Å². The van der Waals surface area contributed by atoms with E-state index in [2.05, 4.69) is 5.32 Å². The van der Waals surface area contributed by atoms with Gasteiger partial charge in [0.15, 0.2) is 0 Å². The molecular weight excluding hydrogens is 362 g/mol. The summed E-state index contributed by atoms with van der Waals surface area (Å²) in [4.78, 5) is 14.5. The maximum atomic E-state index is 12.6. The van der Waals surface area contributed by atoms with E-state index in [-0.39, 0.29) is 23.4 Å². The Balaban J connectivity index is 1.64. The topological polar surface area (TPSA) is 69.7 Å². The van der Waals surface area contributed by atoms with Crippen LogP contribution in [0.3, 0.4) is 0 Å². The molecule has 138 valence electrons. The summed E-state index contributed by atoms with van der Waals surface area (Å²) in [5.74, 6) is -0.175. The second-order valence-electron chi connectivity index (χ2n) is 6.98. The van der Waals surface area contributed by atoms with Crippen molar-refractivity contribution < 1.29 is 13.2 Å². The van der Waals surface area contributed by atoms with Crippen LogP contribution in [0.5, 0.6) is 0 Å². The molecule has 0 saturated carbocycles. The largest absolute Gasteiger partial charge is 0.342 e. The summed E-state index contributed by atoms with van der Waals surface area (Å²) in [5, 5.41) is 4.02. The van der Waals surface area contributed by atoms with Crippen LogP contribution in [0.15, 0.2) is 29.2 Å². The van der Waals surface area contributed by atoms with Crippen LogP contribution < -0.4 is 5.32 Å². The SMILES string of the molecule is CN(C(=O)CN(C)S(=O)(=O)c1ccc(Cl)cc1)C1CC2CCC(C1)N2. The Morgan fingerprint density at radius 1 is 1.16 bits per heavy atom. The molecule has 2 fully saturated rings. The first-order valence-electron chi connectivity index (χ1n) is 8.51. The molecule has 2 aliphatic rings. The molecule has 1 amide bonds. The van der Waals surface area contributed by atoms with E-state index in [0.29, 0.717) is 17.1 Å². The zero-order valence-electron chi connectivity index (χ0n) is 14.5. The van der Waals surface area contributed by atoms with Crippen molar-refractivity contribution in [1.82, 2.24) is 14.5 Å². The van der Waals surface area contributed by atoms with Crippen LogP contribution in [0, 0.1) is 0 Å². The second-order valence-corrected chi connectivity index (χ2v) is 9.46. The van der Waals surface area contributed by atoms with Crippen molar-refractivity contribution in [3.05, 3.63) is 29.3 Å². The van der Waals surface area contributed by atoms with Gasteiger partial charge in [-0.05, 0) is 49.9 Å². The fourth-order valence-electron chi connectivity index (χ4n) is 3.72. The molecule has 2 heterocycles. The van der Waals surface area contributed by atoms with Gasteiger partial charge in [0.2, 0.25) is 15.9 Å². The number of fused-ring (bicyclic) bond motifs is 2. The van der Waals surface area contributed by atoms with Crippen LogP contribution in [0.4, 0.5) is 0 Å². The van der Waals surface area contributed by atoms with E-state index < -0.39 is 10.0 Å². The summed E-state index contributed by atoms with van der Waals surface area (Å²) in [5.41, 5.74) is 0. The molecule has 2 atom stereocenters. The van der Waals surface area contributed by atoms with Crippen LogP contribution in [0.2, 0.25) is 5.02 Å². The Hall–Kier alpha value is -1.15. The quantitative estimate of drug-likeness (QED) is 0.837. The lowest BCUT2D eigenvalue weighted by Crippen LogP contribution is -2.50. The standard InChI is InChI=1S/C17H24ClN3O3S/c1-20(25(23,24)16-7-3-12(18)4-8-16)11-17(22)21(2)15-9-13-5-6-14(10-15)19-13/h3-4,7-8,13-15,19H,5-6,9-11H2,1-2H3. The van der Waals surface area contributed by atoms with Gasteiger partial charge in [0.25, 0.3) is 0 Å². The number of halogens is 1. The molecule has 3 rings (SSSR count). The Morgan fingerprint density at radius 3 is 2.28 bits per heavy atom. The third kappa shape index (κ3) is 4.00. The predicted octanol–water partition coefficient (Wildman–Crippen LogP) is 1.70. The monoisotopic (exact) mass is 385 g/mol. The summed E-state index contributed by atoms with van der Waals surface area (Å²) in [6, 6.07) is 7.10. The highest BCUT2D eigenvalue weighted by Crippen LogP contribution is 2.29. The Labute approximate surface area is 154 Å². The van der Waals surface area contributed by atoms with E-state index in [4.69, 9.17) is 11.6 Å². The average molecular weight is 386 g/mol. The number of carbonyl (C=O) groups is 1. The smallest absolute Gasteiger partial charge is 0.243 e. The van der Waals surface area contributed by atoms with Crippen LogP contribution >= 0.6 is 11.6 Å². The second kappa shape index (κ2) is 7.23. The molecule has 2 unspecified atom stereocenters. The van der Waals surface area contributed by atoms with Gasteiger partial charge in [-0.25, -0.2) is 8.42 Å². The number of carbonyl (C=O) groups excluding carboxylic acids is 1. The van der Waals surface area contributed by atoms with Crippen LogP contribution in [0.1, 0.15) is 25.7 Å². The summed E-state index contributed by atoms with van der Waals surface area (Å²) in [6.07, 6.45) is 4.20. The lowest BCUT2D eigenvalue weighted by Gasteiger charge is -2.36. The summed E-state index contributed by atoms with van der Waals surface area (Å²) >= 11 is 5.81. The molecule has 0 spiro atoms. The molecule has 1 aromatic rings. The predicted molar refractivity (Wildman–Crippen MR) is 97.0 cm³/mol. The van der Waals surface area contributed by atoms with E-state index in [1.165, 1.54) is 31.3 Å². The van der Waals surface area contributed by atoms with Crippen LogP contribution in [0.25, 0.3) is 0 Å². The highest BCUT2D eigenvalue weighted by atomic mass is 35.5. The number of nitrogens with zero attached hydrogens (tertiary/aromatic N) is 2. The van der Waals surface area contributed by atoms with Gasteiger partial charge in [0.05, 0.1) is 11.4 Å². The van der Waals surface area contributed by atoms with E-state index in [9.17, 15) is 13.2 Å². The molecule has 0 aliphatic carbocycles. The van der Waals surface area contributed by atoms with Crippen molar-refractivity contribution in [3.8, 4) is 0 Å². The van der Waals surface area contributed by atoms with Gasteiger partial charge in [-0.3, -0.25) is 4.79 Å². The van der Waals surface area contributed by atoms with E-state index in [1.807, 2.05) is 0 Å². The van der Waals surface area contributed by atoms with Gasteiger partial charge in [0.1, 0.15) is 0 Å². The Morgan fingerprint density at radius 2 is 1.72 bits per heavy atom. The maximum absolute atomic E-state index is 12.6. The maximum Gasteiger partial charge on any atom is 0.243 e. The van der Waals surface area contributed by atoms with Crippen molar-refractivity contribution >= 4 is 27.5 Å². The van der Waals surface area contributed by atoms with Crippen LogP contribution in [-0.4, -0.2) is 62.3 Å². The third-order valence-corrected chi connectivity index (χ3v) is 7.34. The fourth-order valence-corrected chi connectivity index (χ4v) is 4.97. The normalized spacial score (nSPS) is 26.0. The Kier molecular flexibility index (Phi) is 5.39. The number of likely N-dealkylation sites (N-methyl/N-ethyl adjacent to an activating group) is 2. The van der Waals surface area contributed by atoms with Crippen molar-refractivity contribution in [2.24, 2.45) is 0 Å². The summed E-state index contributed by atoms with van der Waals surface area (Å²) in [7, 11) is -0.499. The zero-order chi connectivity index (χ0) is 18.2. The van der Waals surface area contributed by atoms with Crippen molar-refractivity contribution in [2.75, 3.05) is 20.6 Å². The van der Waals surface area contributed by atoms with E-state index in [1.54, 1.807) is 11.9 Å². The fraction of sp³-hybridized carbons (Fsp3) is 0.588. The average Bonchev–Trinajstić information content (AvgIpc) is 2.92. The molecule has 1 aromatic carbocycles. The van der Waals surface area contributed by atoms with Gasteiger partial charge in [-0.1, -0.05) is 11.6 Å². The molecule has 2 saturated heterocycles. The van der Waals surface area contributed by atoms with Crippen LogP contribution in [-0.2, 0) is 14.8 Å². The first-order valence-corrected chi connectivity index (χ1v) is 10.3. The lowest BCUT2D eigenvalue weighted by molar-refractivity contribution is -0.132. The number of piperidine rings is 1. The molecule has 2 aliphatic heterocycles. The molecule has 1 N–H and O–H groups in total. The van der Waals surface area contributed by atoms with Gasteiger partial charge in [-0.2, -0.15) is 4.31 Å². The minimum atomic E-state index is -3.71. The van der Waals surface area contributed by atoms with E-state index >= 15 is 0 Å². The van der Waals surface area contributed by atoms with Gasteiger partial charge < -0.3 is 10.2 Å². The first-order chi connectivity index (χ1) is 11.8. The molecule has 0 aromatic heterocycles. The number of rotatable bonds is 5. The number of sulfonamides is 1. The number of hydrogen-bond acceptors (Lipinski definition) is 4. The minimum absolute atomic E-state index is 0.134. The van der Waals surface area contributed by atoms with Crippen molar-refractivity contribution in [3.63, 3.8) is 0 Å². The zero-order valence-corrected chi connectivity index (χ0v) is 16.1. The third-order valence-electron chi connectivity index (χ3n) is 5.27. The number of benzene rings is 1. The molecule has 25 heavy (non-hydrogen) atoms. The van der Waals surface area contributed by atoms with E-state index in [0.717, 1.165) is 30.0 Å². The Bertz CT molecular complexity index is 726. The number of nitrogens with one attached hydrogen (secondary N) is 1. The highest BCUT2D eigenvalue weighted by molar-refractivity contribution is 7.89. The lowest BCUT2D eigenvalue weighted by atomic mass is 9.98. The molecular formula is C17H24ClN3O3S. The van der Waals surface area contributed by atoms with Gasteiger partial charge in [-0.15, -0.1) is 0 Å². The molecule has 6 nitrogen and oxygen atoms in total. The molecule has 0 radical (unpaired) electrons. The summed E-state index contributed by atoms with van der Waals surface area (Å²) in [6.45, 7) is -0.166. The molecule has 2 bridgehead atoms.